The number of carbonyl (C=O) groups excluding carboxylic acids is 2. The highest BCUT2D eigenvalue weighted by Crippen LogP contribution is 2.25. The van der Waals surface area contributed by atoms with Gasteiger partial charge in [-0.05, 0) is 42.9 Å². The van der Waals surface area contributed by atoms with Crippen LogP contribution in [0.15, 0.2) is 54.6 Å². The molecule has 0 aromatic heterocycles. The molecule has 0 radical (unpaired) electrons. The van der Waals surface area contributed by atoms with Crippen LogP contribution >= 0.6 is 0 Å². The molecular weight excluding hydrogens is 364 g/mol. The van der Waals surface area contributed by atoms with Gasteiger partial charge in [0.05, 0.1) is 17.9 Å². The Bertz CT molecular complexity index is 827. The summed E-state index contributed by atoms with van der Waals surface area (Å²) in [5.74, 6) is 0.672. The number of nitrogens with one attached hydrogen (secondary N) is 1. The molecule has 154 valence electrons. The third kappa shape index (κ3) is 5.67. The quantitative estimate of drug-likeness (QED) is 0.792. The number of anilines is 1. The fraction of sp³-hybridized carbons (Fsp3) is 0.417. The molecule has 0 aliphatic carbocycles. The lowest BCUT2D eigenvalue weighted by Gasteiger charge is -2.35. The van der Waals surface area contributed by atoms with Gasteiger partial charge in [0, 0.05) is 13.1 Å². The molecule has 29 heavy (non-hydrogen) atoms. The number of benzene rings is 2. The molecule has 0 spiro atoms. The minimum absolute atomic E-state index is 0.0304. The van der Waals surface area contributed by atoms with Crippen molar-refractivity contribution in [3.05, 3.63) is 65.7 Å². The van der Waals surface area contributed by atoms with Crippen molar-refractivity contribution in [3.63, 3.8) is 0 Å². The molecule has 1 N–H and O–H groups in total. The molecular formula is C24H30N2O3. The van der Waals surface area contributed by atoms with Crippen LogP contribution in [0.25, 0.3) is 0 Å². The Morgan fingerprint density at radius 3 is 2.34 bits per heavy atom. The van der Waals surface area contributed by atoms with Gasteiger partial charge in [0.2, 0.25) is 0 Å². The summed E-state index contributed by atoms with van der Waals surface area (Å²) in [6.45, 7) is 7.94. The minimum Gasteiger partial charge on any atom is -0.364 e. The highest BCUT2D eigenvalue weighted by atomic mass is 16.5. The number of carbonyl (C=O) groups is 2. The smallest absolute Gasteiger partial charge is 0.255 e. The largest absolute Gasteiger partial charge is 0.364 e. The summed E-state index contributed by atoms with van der Waals surface area (Å²) in [6.07, 6.45) is 0.506. The van der Waals surface area contributed by atoms with Gasteiger partial charge in [0.15, 0.2) is 0 Å². The molecule has 5 nitrogen and oxygen atoms in total. The van der Waals surface area contributed by atoms with E-state index in [4.69, 9.17) is 4.74 Å². The second-order valence-corrected chi connectivity index (χ2v) is 8.13. The molecule has 1 heterocycles. The molecule has 3 rings (SSSR count). The van der Waals surface area contributed by atoms with Crippen LogP contribution in [0.5, 0.6) is 0 Å². The summed E-state index contributed by atoms with van der Waals surface area (Å²) in [5.41, 5.74) is 2.07. The van der Waals surface area contributed by atoms with Crippen LogP contribution in [0.2, 0.25) is 0 Å². The molecule has 0 bridgehead atoms. The Morgan fingerprint density at radius 2 is 1.66 bits per heavy atom. The van der Waals surface area contributed by atoms with Gasteiger partial charge in [-0.25, -0.2) is 0 Å². The van der Waals surface area contributed by atoms with E-state index in [0.29, 0.717) is 29.7 Å². The molecule has 5 heteroatoms. The Kier molecular flexibility index (Phi) is 7.04. The number of rotatable bonds is 6. The van der Waals surface area contributed by atoms with Gasteiger partial charge in [-0.1, -0.05) is 56.3 Å². The van der Waals surface area contributed by atoms with E-state index in [0.717, 1.165) is 25.1 Å². The Hall–Kier alpha value is -2.66. The number of likely N-dealkylation sites (tertiary alicyclic amines) is 1. The molecule has 1 saturated heterocycles. The van der Waals surface area contributed by atoms with Crippen LogP contribution in [0.3, 0.4) is 0 Å². The van der Waals surface area contributed by atoms with E-state index in [9.17, 15) is 9.59 Å². The zero-order valence-electron chi connectivity index (χ0n) is 17.4. The Balaban J connectivity index is 1.65. The van der Waals surface area contributed by atoms with Gasteiger partial charge >= 0.3 is 0 Å². The van der Waals surface area contributed by atoms with Gasteiger partial charge in [-0.2, -0.15) is 0 Å². The lowest BCUT2D eigenvalue weighted by Crippen LogP contribution is -2.43. The molecule has 0 saturated carbocycles. The molecule has 1 aliphatic heterocycles. The highest BCUT2D eigenvalue weighted by Gasteiger charge is 2.27. The van der Waals surface area contributed by atoms with Gasteiger partial charge in [0.1, 0.15) is 6.10 Å². The van der Waals surface area contributed by atoms with E-state index in [1.165, 1.54) is 0 Å². The van der Waals surface area contributed by atoms with Crippen LogP contribution in [0, 0.1) is 11.8 Å². The molecule has 2 aromatic carbocycles. The monoisotopic (exact) mass is 394 g/mol. The molecule has 3 atom stereocenters. The number of amides is 2. The predicted molar refractivity (Wildman–Crippen MR) is 115 cm³/mol. The fourth-order valence-electron chi connectivity index (χ4n) is 3.88. The fourth-order valence-corrected chi connectivity index (χ4v) is 3.88. The van der Waals surface area contributed by atoms with Crippen molar-refractivity contribution in [2.75, 3.05) is 18.4 Å². The summed E-state index contributed by atoms with van der Waals surface area (Å²) in [5, 5.41) is 2.88. The third-order valence-electron chi connectivity index (χ3n) is 5.28. The zero-order chi connectivity index (χ0) is 20.8. The maximum Gasteiger partial charge on any atom is 0.255 e. The van der Waals surface area contributed by atoms with E-state index >= 15 is 0 Å². The van der Waals surface area contributed by atoms with Crippen molar-refractivity contribution in [3.8, 4) is 0 Å². The van der Waals surface area contributed by atoms with E-state index in [2.05, 4.69) is 19.2 Å². The van der Waals surface area contributed by atoms with Gasteiger partial charge in [-0.3, -0.25) is 9.59 Å². The van der Waals surface area contributed by atoms with Crippen molar-refractivity contribution < 1.29 is 14.3 Å². The number of nitrogens with zero attached hydrogens (tertiary/aromatic N) is 1. The Morgan fingerprint density at radius 1 is 1.03 bits per heavy atom. The summed E-state index contributed by atoms with van der Waals surface area (Å²) in [7, 11) is 0. The van der Waals surface area contributed by atoms with Crippen molar-refractivity contribution in [2.45, 2.75) is 39.9 Å². The van der Waals surface area contributed by atoms with Crippen LogP contribution in [0.1, 0.15) is 43.1 Å². The third-order valence-corrected chi connectivity index (χ3v) is 5.28. The van der Waals surface area contributed by atoms with Crippen LogP contribution in [-0.2, 0) is 16.1 Å². The first-order valence-electron chi connectivity index (χ1n) is 10.3. The Labute approximate surface area is 173 Å². The molecule has 1 aliphatic rings. The first-order chi connectivity index (χ1) is 13.9. The number of ether oxygens (including phenoxy) is 1. The second kappa shape index (κ2) is 9.70. The van der Waals surface area contributed by atoms with Crippen LogP contribution < -0.4 is 5.32 Å². The summed E-state index contributed by atoms with van der Waals surface area (Å²) in [4.78, 5) is 27.6. The number of piperidine rings is 1. The van der Waals surface area contributed by atoms with Crippen molar-refractivity contribution in [1.82, 2.24) is 4.90 Å². The summed E-state index contributed by atoms with van der Waals surface area (Å²) < 4.78 is 5.70. The highest BCUT2D eigenvalue weighted by molar-refractivity contribution is 6.04. The first-order valence-corrected chi connectivity index (χ1v) is 10.3. The zero-order valence-corrected chi connectivity index (χ0v) is 17.4. The van der Waals surface area contributed by atoms with Gasteiger partial charge in [0.25, 0.3) is 11.8 Å². The second-order valence-electron chi connectivity index (χ2n) is 8.13. The van der Waals surface area contributed by atoms with Crippen molar-refractivity contribution in [2.24, 2.45) is 11.8 Å². The lowest BCUT2D eigenvalue weighted by molar-refractivity contribution is -0.127. The van der Waals surface area contributed by atoms with Crippen molar-refractivity contribution in [1.29, 1.82) is 0 Å². The maximum atomic E-state index is 13.1. The molecule has 3 unspecified atom stereocenters. The SMILES string of the molecule is CC1CC(C)CN(C(=O)c2ccccc2NC(=O)C(C)OCc2ccccc2)C1. The van der Waals surface area contributed by atoms with E-state index in [1.807, 2.05) is 47.4 Å². The topological polar surface area (TPSA) is 58.6 Å². The molecule has 1 fully saturated rings. The lowest BCUT2D eigenvalue weighted by atomic mass is 9.91. The first kappa shape index (κ1) is 21.1. The number of para-hydroxylation sites is 1. The number of hydrogen-bond acceptors (Lipinski definition) is 3. The predicted octanol–water partition coefficient (Wildman–Crippen LogP) is 4.35. The van der Waals surface area contributed by atoms with E-state index < -0.39 is 6.10 Å². The standard InChI is InChI=1S/C24H30N2O3/c1-17-13-18(2)15-26(14-17)24(28)21-11-7-8-12-22(21)25-23(27)19(3)29-16-20-9-5-4-6-10-20/h4-12,17-19H,13-16H2,1-3H3,(H,25,27). The molecule has 2 aromatic rings. The van der Waals surface area contributed by atoms with E-state index in [1.54, 1.807) is 19.1 Å². The number of hydrogen-bond donors (Lipinski definition) is 1. The molecule has 2 amide bonds. The van der Waals surface area contributed by atoms with Crippen LogP contribution in [-0.4, -0.2) is 35.9 Å². The van der Waals surface area contributed by atoms with Crippen LogP contribution in [0.4, 0.5) is 5.69 Å². The van der Waals surface area contributed by atoms with Gasteiger partial charge in [-0.15, -0.1) is 0 Å². The maximum absolute atomic E-state index is 13.1. The minimum atomic E-state index is -0.631. The average Bonchev–Trinajstić information content (AvgIpc) is 2.72. The van der Waals surface area contributed by atoms with Crippen molar-refractivity contribution >= 4 is 17.5 Å². The average molecular weight is 395 g/mol. The van der Waals surface area contributed by atoms with E-state index in [-0.39, 0.29) is 11.8 Å². The van der Waals surface area contributed by atoms with Gasteiger partial charge < -0.3 is 15.0 Å². The summed E-state index contributed by atoms with van der Waals surface area (Å²) >= 11 is 0. The normalized spacial score (nSPS) is 20.2. The summed E-state index contributed by atoms with van der Waals surface area (Å²) in [6, 6.07) is 16.9.